The minimum atomic E-state index is 0.00472. The van der Waals surface area contributed by atoms with E-state index in [0.717, 1.165) is 49.2 Å². The van der Waals surface area contributed by atoms with Crippen LogP contribution in [0.25, 0.3) is 0 Å². The van der Waals surface area contributed by atoms with Gasteiger partial charge in [-0.1, -0.05) is 18.2 Å². The number of nitrogens with zero attached hydrogens (tertiary/aromatic N) is 1. The maximum atomic E-state index is 12.7. The van der Waals surface area contributed by atoms with Crippen molar-refractivity contribution in [2.45, 2.75) is 32.6 Å². The number of amides is 2. The Bertz CT molecular complexity index is 919. The summed E-state index contributed by atoms with van der Waals surface area (Å²) in [6, 6.07) is 13.2. The molecule has 158 valence electrons. The number of likely N-dealkylation sites (tertiary alicyclic amines) is 1. The van der Waals surface area contributed by atoms with E-state index in [1.807, 2.05) is 54.3 Å². The zero-order valence-corrected chi connectivity index (χ0v) is 17.4. The highest BCUT2D eigenvalue weighted by Crippen LogP contribution is 2.32. The first-order valence-electron chi connectivity index (χ1n) is 10.6. The van der Waals surface area contributed by atoms with Gasteiger partial charge in [-0.05, 0) is 55.9 Å². The van der Waals surface area contributed by atoms with Crippen LogP contribution in [0.2, 0.25) is 0 Å². The predicted molar refractivity (Wildman–Crippen MR) is 115 cm³/mol. The van der Waals surface area contributed by atoms with E-state index in [9.17, 15) is 9.59 Å². The van der Waals surface area contributed by atoms with Gasteiger partial charge in [-0.3, -0.25) is 9.59 Å². The molecule has 2 heterocycles. The van der Waals surface area contributed by atoms with Gasteiger partial charge in [0.1, 0.15) is 13.2 Å². The molecule has 0 aromatic heterocycles. The van der Waals surface area contributed by atoms with Crippen LogP contribution in [0.1, 0.15) is 41.6 Å². The minimum absolute atomic E-state index is 0.00472. The molecule has 2 aromatic carbocycles. The van der Waals surface area contributed by atoms with Crippen molar-refractivity contribution >= 4 is 17.5 Å². The molecule has 0 saturated carbocycles. The zero-order valence-electron chi connectivity index (χ0n) is 17.4. The summed E-state index contributed by atoms with van der Waals surface area (Å²) in [4.78, 5) is 27.1. The first kappa shape index (κ1) is 20.3. The first-order chi connectivity index (χ1) is 14.6. The third-order valence-corrected chi connectivity index (χ3v) is 5.88. The molecule has 6 nitrogen and oxygen atoms in total. The summed E-state index contributed by atoms with van der Waals surface area (Å²) < 4.78 is 11.1. The zero-order chi connectivity index (χ0) is 20.9. The van der Waals surface area contributed by atoms with Gasteiger partial charge in [-0.2, -0.15) is 0 Å². The highest BCUT2D eigenvalue weighted by atomic mass is 16.6. The highest BCUT2D eigenvalue weighted by Gasteiger charge is 2.24. The Balaban J connectivity index is 1.22. The quantitative estimate of drug-likeness (QED) is 0.811. The maximum absolute atomic E-state index is 12.7. The van der Waals surface area contributed by atoms with Crippen LogP contribution >= 0.6 is 0 Å². The van der Waals surface area contributed by atoms with Crippen molar-refractivity contribution in [2.75, 3.05) is 31.6 Å². The van der Waals surface area contributed by atoms with Gasteiger partial charge in [-0.25, -0.2) is 0 Å². The molecular weight excluding hydrogens is 380 g/mol. The van der Waals surface area contributed by atoms with Gasteiger partial charge in [0.05, 0.1) is 0 Å². The standard InChI is InChI=1S/C24H28N2O4/c1-17-4-2-3-5-20(17)24(28)26-12-10-18(11-13-26)6-9-23(27)25-19-7-8-21-22(16-19)30-15-14-29-21/h2-5,7-8,16,18H,6,9-15H2,1H3,(H,25,27). The molecule has 4 rings (SSSR count). The molecular formula is C24H28N2O4. The van der Waals surface area contributed by atoms with Crippen LogP contribution in [0.4, 0.5) is 5.69 Å². The lowest BCUT2D eigenvalue weighted by Crippen LogP contribution is -2.38. The Morgan fingerprint density at radius 2 is 1.77 bits per heavy atom. The van der Waals surface area contributed by atoms with Crippen LogP contribution in [0.15, 0.2) is 42.5 Å². The number of carbonyl (C=O) groups excluding carboxylic acids is 2. The normalized spacial score (nSPS) is 16.2. The number of piperidine rings is 1. The van der Waals surface area contributed by atoms with E-state index in [1.54, 1.807) is 0 Å². The lowest BCUT2D eigenvalue weighted by atomic mass is 9.91. The van der Waals surface area contributed by atoms with E-state index in [2.05, 4.69) is 5.32 Å². The Labute approximate surface area is 177 Å². The number of hydrogen-bond acceptors (Lipinski definition) is 4. The molecule has 2 aliphatic rings. The summed E-state index contributed by atoms with van der Waals surface area (Å²) >= 11 is 0. The third kappa shape index (κ3) is 4.75. The third-order valence-electron chi connectivity index (χ3n) is 5.88. The van der Waals surface area contributed by atoms with Gasteiger partial charge in [0, 0.05) is 36.8 Å². The number of ether oxygens (including phenoxy) is 2. The van der Waals surface area contributed by atoms with E-state index < -0.39 is 0 Å². The second-order valence-electron chi connectivity index (χ2n) is 8.00. The monoisotopic (exact) mass is 408 g/mol. The molecule has 1 saturated heterocycles. The van der Waals surface area contributed by atoms with Gasteiger partial charge in [0.2, 0.25) is 5.91 Å². The number of rotatable bonds is 5. The summed E-state index contributed by atoms with van der Waals surface area (Å²) in [6.07, 6.45) is 3.19. The maximum Gasteiger partial charge on any atom is 0.254 e. The van der Waals surface area contributed by atoms with Gasteiger partial charge in [0.15, 0.2) is 11.5 Å². The number of nitrogens with one attached hydrogen (secondary N) is 1. The van der Waals surface area contributed by atoms with Crippen LogP contribution in [0.5, 0.6) is 11.5 Å². The number of hydrogen-bond donors (Lipinski definition) is 1. The lowest BCUT2D eigenvalue weighted by molar-refractivity contribution is -0.116. The second-order valence-corrected chi connectivity index (χ2v) is 8.00. The highest BCUT2D eigenvalue weighted by molar-refractivity contribution is 5.95. The SMILES string of the molecule is Cc1ccccc1C(=O)N1CCC(CCC(=O)Nc2ccc3c(c2)OCCO3)CC1. The fourth-order valence-electron chi connectivity index (χ4n) is 4.09. The molecule has 0 radical (unpaired) electrons. The van der Waals surface area contributed by atoms with Gasteiger partial charge >= 0.3 is 0 Å². The molecule has 0 bridgehead atoms. The van der Waals surface area contributed by atoms with Crippen molar-refractivity contribution in [3.8, 4) is 11.5 Å². The Hall–Kier alpha value is -3.02. The molecule has 0 spiro atoms. The van der Waals surface area contributed by atoms with Gasteiger partial charge < -0.3 is 19.7 Å². The largest absolute Gasteiger partial charge is 0.486 e. The topological polar surface area (TPSA) is 67.9 Å². The van der Waals surface area contributed by atoms with Gasteiger partial charge in [-0.15, -0.1) is 0 Å². The van der Waals surface area contributed by atoms with E-state index in [1.165, 1.54) is 0 Å². The molecule has 2 aromatic rings. The molecule has 1 N–H and O–H groups in total. The molecule has 6 heteroatoms. The summed E-state index contributed by atoms with van der Waals surface area (Å²) in [5, 5.41) is 2.95. The fourth-order valence-corrected chi connectivity index (χ4v) is 4.09. The Kier molecular flexibility index (Phi) is 6.21. The molecule has 0 unspecified atom stereocenters. The minimum Gasteiger partial charge on any atom is -0.486 e. The van der Waals surface area contributed by atoms with Crippen LogP contribution in [-0.4, -0.2) is 43.0 Å². The number of benzene rings is 2. The van der Waals surface area contributed by atoms with E-state index in [0.29, 0.717) is 37.1 Å². The lowest BCUT2D eigenvalue weighted by Gasteiger charge is -2.32. The van der Waals surface area contributed by atoms with Crippen molar-refractivity contribution < 1.29 is 19.1 Å². The van der Waals surface area contributed by atoms with Crippen molar-refractivity contribution in [3.05, 3.63) is 53.6 Å². The second kappa shape index (κ2) is 9.20. The summed E-state index contributed by atoms with van der Waals surface area (Å²) in [5.74, 6) is 1.97. The number of fused-ring (bicyclic) bond motifs is 1. The number of anilines is 1. The van der Waals surface area contributed by atoms with E-state index in [4.69, 9.17) is 9.47 Å². The van der Waals surface area contributed by atoms with Crippen molar-refractivity contribution in [3.63, 3.8) is 0 Å². The fraction of sp³-hybridized carbons (Fsp3) is 0.417. The summed E-state index contributed by atoms with van der Waals surface area (Å²) in [7, 11) is 0. The van der Waals surface area contributed by atoms with Crippen LogP contribution in [0, 0.1) is 12.8 Å². The van der Waals surface area contributed by atoms with Crippen molar-refractivity contribution in [2.24, 2.45) is 5.92 Å². The average molecular weight is 408 g/mol. The van der Waals surface area contributed by atoms with Crippen molar-refractivity contribution in [1.29, 1.82) is 0 Å². The van der Waals surface area contributed by atoms with E-state index in [-0.39, 0.29) is 11.8 Å². The van der Waals surface area contributed by atoms with Crippen LogP contribution < -0.4 is 14.8 Å². The van der Waals surface area contributed by atoms with Crippen LogP contribution in [0.3, 0.4) is 0 Å². The first-order valence-corrected chi connectivity index (χ1v) is 10.6. The molecule has 2 amide bonds. The molecule has 0 aliphatic carbocycles. The molecule has 0 atom stereocenters. The van der Waals surface area contributed by atoms with E-state index >= 15 is 0 Å². The number of carbonyl (C=O) groups is 2. The molecule has 1 fully saturated rings. The molecule has 30 heavy (non-hydrogen) atoms. The van der Waals surface area contributed by atoms with Gasteiger partial charge in [0.25, 0.3) is 5.91 Å². The summed E-state index contributed by atoms with van der Waals surface area (Å²) in [6.45, 7) is 4.55. The Morgan fingerprint density at radius 3 is 2.53 bits per heavy atom. The predicted octanol–water partition coefficient (Wildman–Crippen LogP) is 4.04. The molecule has 2 aliphatic heterocycles. The summed E-state index contributed by atoms with van der Waals surface area (Å²) in [5.41, 5.74) is 2.53. The van der Waals surface area contributed by atoms with Crippen molar-refractivity contribution in [1.82, 2.24) is 4.90 Å². The van der Waals surface area contributed by atoms with Crippen LogP contribution in [-0.2, 0) is 4.79 Å². The number of aryl methyl sites for hydroxylation is 1. The smallest absolute Gasteiger partial charge is 0.254 e. The Morgan fingerprint density at radius 1 is 1.03 bits per heavy atom. The average Bonchev–Trinajstić information content (AvgIpc) is 2.78.